The topological polar surface area (TPSA) is 97.6 Å². The number of esters is 1. The molecular weight excluding hydrogens is 368 g/mol. The fraction of sp³-hybridized carbons (Fsp3) is 0.105. The zero-order chi connectivity index (χ0) is 19.2. The summed E-state index contributed by atoms with van der Waals surface area (Å²) in [4.78, 5) is 36.2. The molecule has 3 aromatic rings. The van der Waals surface area contributed by atoms with Gasteiger partial charge in [-0.1, -0.05) is 18.2 Å². The van der Waals surface area contributed by atoms with Crippen LogP contribution in [0.1, 0.15) is 25.8 Å². The number of amides is 2. The maximum atomic E-state index is 12.1. The molecule has 0 bridgehead atoms. The van der Waals surface area contributed by atoms with Crippen molar-refractivity contribution in [1.82, 2.24) is 0 Å². The van der Waals surface area contributed by atoms with Crippen LogP contribution in [0.5, 0.6) is 0 Å². The average molecular weight is 384 g/mol. The third-order valence-corrected chi connectivity index (χ3v) is 4.52. The molecule has 3 rings (SSSR count). The van der Waals surface area contributed by atoms with Gasteiger partial charge < -0.3 is 19.8 Å². The highest BCUT2D eigenvalue weighted by molar-refractivity contribution is 7.18. The molecule has 2 N–H and O–H groups in total. The second kappa shape index (κ2) is 8.33. The minimum absolute atomic E-state index is 0.167. The van der Waals surface area contributed by atoms with Crippen molar-refractivity contribution in [3.8, 4) is 0 Å². The third kappa shape index (κ3) is 4.83. The van der Waals surface area contributed by atoms with Crippen LogP contribution < -0.4 is 10.6 Å². The Morgan fingerprint density at radius 1 is 1.04 bits per heavy atom. The van der Waals surface area contributed by atoms with Gasteiger partial charge in [-0.15, -0.1) is 11.3 Å². The number of thiophene rings is 1. The number of hydrogen-bond donors (Lipinski definition) is 2. The van der Waals surface area contributed by atoms with Gasteiger partial charge in [-0.2, -0.15) is 0 Å². The maximum Gasteiger partial charge on any atom is 0.348 e. The van der Waals surface area contributed by atoms with Crippen LogP contribution in [-0.4, -0.2) is 24.4 Å². The number of rotatable bonds is 6. The van der Waals surface area contributed by atoms with Crippen molar-refractivity contribution < 1.29 is 23.5 Å². The van der Waals surface area contributed by atoms with Crippen molar-refractivity contribution >= 4 is 39.8 Å². The van der Waals surface area contributed by atoms with Crippen molar-refractivity contribution in [2.75, 3.05) is 17.2 Å². The van der Waals surface area contributed by atoms with Gasteiger partial charge in [0.1, 0.15) is 4.88 Å². The van der Waals surface area contributed by atoms with Crippen LogP contribution >= 0.6 is 11.3 Å². The second-order valence-corrected chi connectivity index (χ2v) is 6.62. The molecule has 2 amide bonds. The molecule has 7 nitrogen and oxygen atoms in total. The maximum absolute atomic E-state index is 12.1. The third-order valence-electron chi connectivity index (χ3n) is 3.54. The smallest absolute Gasteiger partial charge is 0.348 e. The molecule has 2 heterocycles. The summed E-state index contributed by atoms with van der Waals surface area (Å²) in [5, 5.41) is 5.77. The van der Waals surface area contributed by atoms with E-state index in [2.05, 4.69) is 10.6 Å². The Balaban J connectivity index is 1.51. The van der Waals surface area contributed by atoms with Gasteiger partial charge in [0.25, 0.3) is 11.8 Å². The number of para-hydroxylation sites is 1. The van der Waals surface area contributed by atoms with Gasteiger partial charge in [-0.3, -0.25) is 9.59 Å². The number of furan rings is 1. The number of nitrogens with one attached hydrogen (secondary N) is 2. The monoisotopic (exact) mass is 384 g/mol. The Kier molecular flexibility index (Phi) is 5.68. The average Bonchev–Trinajstić information content (AvgIpc) is 3.33. The fourth-order valence-corrected chi connectivity index (χ4v) is 2.99. The molecule has 0 radical (unpaired) electrons. The van der Waals surface area contributed by atoms with Gasteiger partial charge in [0, 0.05) is 5.69 Å². The van der Waals surface area contributed by atoms with E-state index in [9.17, 15) is 14.4 Å². The van der Waals surface area contributed by atoms with E-state index in [4.69, 9.17) is 9.15 Å². The largest absolute Gasteiger partial charge is 0.459 e. The number of hydrogen-bond acceptors (Lipinski definition) is 6. The summed E-state index contributed by atoms with van der Waals surface area (Å²) in [6.07, 6.45) is 1.40. The molecule has 1 aromatic carbocycles. The van der Waals surface area contributed by atoms with Gasteiger partial charge in [0.15, 0.2) is 12.4 Å². The summed E-state index contributed by atoms with van der Waals surface area (Å²) in [5.74, 6) is -1.32. The number of anilines is 2. The minimum atomic E-state index is -0.640. The van der Waals surface area contributed by atoms with E-state index < -0.39 is 24.4 Å². The molecule has 2 aromatic heterocycles. The lowest BCUT2D eigenvalue weighted by molar-refractivity contribution is -0.119. The number of carbonyl (C=O) groups excluding carboxylic acids is 3. The van der Waals surface area contributed by atoms with Crippen LogP contribution in [0.25, 0.3) is 0 Å². The lowest BCUT2D eigenvalue weighted by Gasteiger charge is -2.08. The van der Waals surface area contributed by atoms with Crippen LogP contribution in [0.3, 0.4) is 0 Å². The van der Waals surface area contributed by atoms with Gasteiger partial charge >= 0.3 is 5.97 Å². The van der Waals surface area contributed by atoms with Crippen LogP contribution in [0, 0.1) is 6.92 Å². The van der Waals surface area contributed by atoms with E-state index in [1.54, 1.807) is 24.3 Å². The summed E-state index contributed by atoms with van der Waals surface area (Å²) >= 11 is 1.04. The first-order valence-electron chi connectivity index (χ1n) is 8.00. The Bertz CT molecular complexity index is 962. The number of aryl methyl sites for hydroxylation is 1. The lowest BCUT2D eigenvalue weighted by Crippen LogP contribution is -2.21. The predicted octanol–water partition coefficient (Wildman–Crippen LogP) is 3.70. The Morgan fingerprint density at radius 2 is 1.85 bits per heavy atom. The minimum Gasteiger partial charge on any atom is -0.459 e. The zero-order valence-electron chi connectivity index (χ0n) is 14.4. The van der Waals surface area contributed by atoms with Crippen molar-refractivity contribution in [2.45, 2.75) is 6.92 Å². The first kappa shape index (κ1) is 18.4. The van der Waals surface area contributed by atoms with E-state index in [0.29, 0.717) is 10.7 Å². The SMILES string of the molecule is Cc1ccccc1NC(=O)COC(=O)c1ccc(NC(=O)c2ccco2)s1. The van der Waals surface area contributed by atoms with Crippen molar-refractivity contribution in [1.29, 1.82) is 0 Å². The first-order valence-corrected chi connectivity index (χ1v) is 8.82. The van der Waals surface area contributed by atoms with E-state index in [-0.39, 0.29) is 10.6 Å². The quantitative estimate of drug-likeness (QED) is 0.632. The molecule has 27 heavy (non-hydrogen) atoms. The second-order valence-electron chi connectivity index (χ2n) is 5.53. The molecule has 0 unspecified atom stereocenters. The molecule has 138 valence electrons. The van der Waals surface area contributed by atoms with Gasteiger partial charge in [0.05, 0.1) is 11.3 Å². The summed E-state index contributed by atoms with van der Waals surface area (Å²) < 4.78 is 10.0. The lowest BCUT2D eigenvalue weighted by atomic mass is 10.2. The molecular formula is C19H16N2O5S. The zero-order valence-corrected chi connectivity index (χ0v) is 15.2. The summed E-state index contributed by atoms with van der Waals surface area (Å²) in [7, 11) is 0. The van der Waals surface area contributed by atoms with Crippen molar-refractivity contribution in [3.05, 3.63) is 71.0 Å². The summed E-state index contributed by atoms with van der Waals surface area (Å²) in [6, 6.07) is 13.5. The van der Waals surface area contributed by atoms with Crippen LogP contribution in [0.2, 0.25) is 0 Å². The van der Waals surface area contributed by atoms with E-state index in [0.717, 1.165) is 16.9 Å². The van der Waals surface area contributed by atoms with E-state index in [1.165, 1.54) is 18.4 Å². The van der Waals surface area contributed by atoms with Gasteiger partial charge in [0.2, 0.25) is 0 Å². The molecule has 8 heteroatoms. The number of ether oxygens (including phenoxy) is 1. The van der Waals surface area contributed by atoms with Crippen LogP contribution in [0.15, 0.2) is 59.2 Å². The normalized spacial score (nSPS) is 10.3. The molecule has 0 fully saturated rings. The molecule has 0 aliphatic carbocycles. The standard InChI is InChI=1S/C19H16N2O5S/c1-12-5-2-3-6-13(12)20-16(22)11-26-19(24)15-8-9-17(27-15)21-18(23)14-7-4-10-25-14/h2-10H,11H2,1H3,(H,20,22)(H,21,23). The summed E-state index contributed by atoms with van der Waals surface area (Å²) in [5.41, 5.74) is 1.57. The van der Waals surface area contributed by atoms with Crippen molar-refractivity contribution in [2.24, 2.45) is 0 Å². The first-order chi connectivity index (χ1) is 13.0. The highest BCUT2D eigenvalue weighted by Gasteiger charge is 2.15. The van der Waals surface area contributed by atoms with E-state index in [1.807, 2.05) is 19.1 Å². The molecule has 0 saturated carbocycles. The predicted molar refractivity (Wildman–Crippen MR) is 101 cm³/mol. The molecule has 0 aliphatic rings. The molecule has 0 aliphatic heterocycles. The Morgan fingerprint density at radius 3 is 2.59 bits per heavy atom. The van der Waals surface area contributed by atoms with E-state index >= 15 is 0 Å². The highest BCUT2D eigenvalue weighted by Crippen LogP contribution is 2.23. The number of benzene rings is 1. The Labute approximate surface area is 159 Å². The van der Waals surface area contributed by atoms with Crippen LogP contribution in [-0.2, 0) is 9.53 Å². The molecule has 0 saturated heterocycles. The number of carbonyl (C=O) groups is 3. The van der Waals surface area contributed by atoms with Gasteiger partial charge in [-0.25, -0.2) is 4.79 Å². The Hall–Kier alpha value is -3.39. The van der Waals surface area contributed by atoms with Gasteiger partial charge in [-0.05, 0) is 42.8 Å². The highest BCUT2D eigenvalue weighted by atomic mass is 32.1. The molecule has 0 atom stereocenters. The summed E-state index contributed by atoms with van der Waals surface area (Å²) in [6.45, 7) is 1.46. The van der Waals surface area contributed by atoms with Crippen molar-refractivity contribution in [3.63, 3.8) is 0 Å². The fourth-order valence-electron chi connectivity index (χ4n) is 2.20. The van der Waals surface area contributed by atoms with Crippen LogP contribution in [0.4, 0.5) is 10.7 Å². The molecule has 0 spiro atoms.